The summed E-state index contributed by atoms with van der Waals surface area (Å²) in [4.78, 5) is 39.2. The van der Waals surface area contributed by atoms with Crippen molar-refractivity contribution >= 4 is 24.4 Å². The Bertz CT molecular complexity index is 527. The van der Waals surface area contributed by atoms with E-state index in [4.69, 9.17) is 15.3 Å². The Morgan fingerprint density at radius 3 is 2.50 bits per heavy atom. The van der Waals surface area contributed by atoms with Crippen molar-refractivity contribution in [2.45, 2.75) is 64.3 Å². The summed E-state index contributed by atoms with van der Waals surface area (Å²) in [5.74, 6) is 4.15. The summed E-state index contributed by atoms with van der Waals surface area (Å²) >= 11 is 0. The van der Waals surface area contributed by atoms with E-state index >= 15 is 0 Å². The molecule has 1 amide bonds. The average Bonchev–Trinajstić information content (AvgIpc) is 2.88. The lowest BCUT2D eigenvalue weighted by atomic mass is 9.89. The van der Waals surface area contributed by atoms with E-state index in [9.17, 15) is 14.4 Å². The van der Waals surface area contributed by atoms with Gasteiger partial charge < -0.3 is 25.0 Å². The number of nitrogens with zero attached hydrogens (tertiary/aromatic N) is 1. The highest BCUT2D eigenvalue weighted by Gasteiger charge is 2.51. The lowest BCUT2D eigenvalue weighted by molar-refractivity contribution is -0.155. The molecule has 26 heavy (non-hydrogen) atoms. The second-order valence-electron chi connectivity index (χ2n) is 6.11. The van der Waals surface area contributed by atoms with Crippen molar-refractivity contribution in [3.8, 4) is 0 Å². The van der Waals surface area contributed by atoms with Crippen LogP contribution in [0.3, 0.4) is 0 Å². The van der Waals surface area contributed by atoms with Gasteiger partial charge in [-0.15, -0.1) is 0 Å². The molecular weight excluding hydrogens is 344 g/mol. The van der Waals surface area contributed by atoms with E-state index in [2.05, 4.69) is 20.5 Å². The van der Waals surface area contributed by atoms with Gasteiger partial charge in [0.2, 0.25) is 5.91 Å². The Hall–Kier alpha value is -2.36. The van der Waals surface area contributed by atoms with Crippen LogP contribution in [0.4, 0.5) is 4.79 Å². The second kappa shape index (κ2) is 10.6. The number of hydrazine groups is 1. The molecule has 10 heteroatoms. The number of carbonyl (C=O) groups excluding carboxylic acids is 3. The molecule has 0 spiro atoms. The molecular formula is C16H28N4O6. The van der Waals surface area contributed by atoms with Crippen LogP contribution in [0.5, 0.6) is 0 Å². The summed E-state index contributed by atoms with van der Waals surface area (Å²) in [7, 11) is 1.20. The summed E-state index contributed by atoms with van der Waals surface area (Å²) < 4.78 is 15.3. The van der Waals surface area contributed by atoms with Crippen LogP contribution in [-0.4, -0.2) is 55.8 Å². The van der Waals surface area contributed by atoms with Gasteiger partial charge in [-0.1, -0.05) is 13.3 Å². The Labute approximate surface area is 152 Å². The summed E-state index contributed by atoms with van der Waals surface area (Å²) in [6.07, 6.45) is 0.672. The third kappa shape index (κ3) is 6.17. The summed E-state index contributed by atoms with van der Waals surface area (Å²) in [6, 6.07) is -0.693. The van der Waals surface area contributed by atoms with Crippen LogP contribution in [0.25, 0.3) is 0 Å². The maximum Gasteiger partial charge on any atom is 0.508 e. The number of ether oxygens (including phenoxy) is 3. The van der Waals surface area contributed by atoms with Crippen molar-refractivity contribution in [2.75, 3.05) is 7.11 Å². The zero-order valence-electron chi connectivity index (χ0n) is 15.6. The van der Waals surface area contributed by atoms with Crippen molar-refractivity contribution in [1.29, 1.82) is 0 Å². The fourth-order valence-corrected chi connectivity index (χ4v) is 3.36. The Kier molecular flexibility index (Phi) is 8.83. The zero-order valence-corrected chi connectivity index (χ0v) is 15.6. The van der Waals surface area contributed by atoms with Crippen molar-refractivity contribution < 1.29 is 28.6 Å². The molecule has 0 radical (unpaired) electrons. The van der Waals surface area contributed by atoms with Gasteiger partial charge in [0.1, 0.15) is 12.2 Å². The van der Waals surface area contributed by atoms with E-state index < -0.39 is 24.3 Å². The molecule has 1 rings (SSSR count). The van der Waals surface area contributed by atoms with Crippen LogP contribution in [0.1, 0.15) is 40.0 Å². The maximum absolute atomic E-state index is 11.6. The first-order valence-electron chi connectivity index (χ1n) is 8.50. The average molecular weight is 372 g/mol. The zero-order chi connectivity index (χ0) is 19.7. The summed E-state index contributed by atoms with van der Waals surface area (Å²) in [5.41, 5.74) is 2.33. The molecule has 0 aliphatic heterocycles. The fraction of sp³-hybridized carbons (Fsp3) is 0.750. The van der Waals surface area contributed by atoms with Gasteiger partial charge in [-0.2, -0.15) is 0 Å². The van der Waals surface area contributed by atoms with Crippen LogP contribution in [0.15, 0.2) is 4.99 Å². The quantitative estimate of drug-likeness (QED) is 0.181. The molecule has 4 N–H and O–H groups in total. The van der Waals surface area contributed by atoms with Gasteiger partial charge in [-0.25, -0.2) is 10.6 Å². The van der Waals surface area contributed by atoms with Crippen molar-refractivity contribution in [3.05, 3.63) is 0 Å². The minimum atomic E-state index is -0.876. The number of hydrogen-bond acceptors (Lipinski definition) is 8. The van der Waals surface area contributed by atoms with E-state index in [-0.39, 0.29) is 23.9 Å². The predicted octanol–water partition coefficient (Wildman–Crippen LogP) is 0.255. The Morgan fingerprint density at radius 1 is 1.31 bits per heavy atom. The highest BCUT2D eigenvalue weighted by Crippen LogP contribution is 2.37. The van der Waals surface area contributed by atoms with E-state index in [0.29, 0.717) is 12.8 Å². The fourth-order valence-electron chi connectivity index (χ4n) is 3.36. The normalized spacial score (nSPS) is 26.2. The number of esters is 1. The molecule has 1 aliphatic rings. The highest BCUT2D eigenvalue weighted by molar-refractivity contribution is 5.73. The molecule has 10 nitrogen and oxygen atoms in total. The van der Waals surface area contributed by atoms with Gasteiger partial charge >= 0.3 is 12.1 Å². The SMILES string of the molecule is CCCC(NC(C)=O)[C@H]1[C@@H](OC(C)=O)[C@H](OC(=O)OC)C[C@H]1N=CNN. The smallest absolute Gasteiger partial charge is 0.458 e. The molecule has 0 heterocycles. The van der Waals surface area contributed by atoms with Crippen LogP contribution in [-0.2, 0) is 23.8 Å². The lowest BCUT2D eigenvalue weighted by Crippen LogP contribution is -2.48. The molecule has 148 valence electrons. The first-order valence-corrected chi connectivity index (χ1v) is 8.50. The molecule has 0 aromatic carbocycles. The van der Waals surface area contributed by atoms with Gasteiger partial charge in [0.05, 0.1) is 19.5 Å². The Morgan fingerprint density at radius 2 is 2.00 bits per heavy atom. The number of hydrogen-bond donors (Lipinski definition) is 3. The molecule has 0 aromatic heterocycles. The van der Waals surface area contributed by atoms with E-state index in [0.717, 1.165) is 6.42 Å². The third-order valence-corrected chi connectivity index (χ3v) is 4.17. The van der Waals surface area contributed by atoms with Crippen LogP contribution >= 0.6 is 0 Å². The van der Waals surface area contributed by atoms with Gasteiger partial charge in [0, 0.05) is 32.2 Å². The number of nitrogens with one attached hydrogen (secondary N) is 2. The number of nitrogens with two attached hydrogens (primary N) is 1. The molecule has 0 bridgehead atoms. The van der Waals surface area contributed by atoms with Crippen molar-refractivity contribution in [2.24, 2.45) is 16.8 Å². The third-order valence-electron chi connectivity index (χ3n) is 4.17. The molecule has 0 saturated heterocycles. The van der Waals surface area contributed by atoms with Gasteiger partial charge in [0.15, 0.2) is 0 Å². The summed E-state index contributed by atoms with van der Waals surface area (Å²) in [6.45, 7) is 4.67. The first-order chi connectivity index (χ1) is 12.3. The van der Waals surface area contributed by atoms with Crippen LogP contribution < -0.4 is 16.6 Å². The molecule has 1 fully saturated rings. The molecule has 1 aliphatic carbocycles. The van der Waals surface area contributed by atoms with Crippen LogP contribution in [0.2, 0.25) is 0 Å². The minimum Gasteiger partial charge on any atom is -0.458 e. The number of carbonyl (C=O) groups is 3. The van der Waals surface area contributed by atoms with Crippen LogP contribution in [0, 0.1) is 5.92 Å². The van der Waals surface area contributed by atoms with Gasteiger partial charge in [0.25, 0.3) is 0 Å². The molecule has 5 atom stereocenters. The standard InChI is InChI=1S/C16H28N4O6/c1-5-6-11(20-9(2)21)14-12(18-8-19-17)7-13(26-16(23)24-4)15(14)25-10(3)22/h8,11-15H,5-7,17H2,1-4H3,(H,18,19)(H,20,21)/t11?,12-,13-,14-,15+/m1/s1. The largest absolute Gasteiger partial charge is 0.508 e. The Balaban J connectivity index is 3.21. The monoisotopic (exact) mass is 372 g/mol. The van der Waals surface area contributed by atoms with E-state index in [1.165, 1.54) is 27.3 Å². The number of amides is 1. The first kappa shape index (κ1) is 21.7. The molecule has 0 aromatic rings. The predicted molar refractivity (Wildman–Crippen MR) is 93.1 cm³/mol. The maximum atomic E-state index is 11.6. The van der Waals surface area contributed by atoms with Crippen molar-refractivity contribution in [1.82, 2.24) is 10.7 Å². The van der Waals surface area contributed by atoms with E-state index in [1.807, 2.05) is 6.92 Å². The van der Waals surface area contributed by atoms with Gasteiger partial charge in [-0.05, 0) is 6.42 Å². The number of aliphatic imine (C=N–C) groups is 1. The van der Waals surface area contributed by atoms with E-state index in [1.54, 1.807) is 0 Å². The van der Waals surface area contributed by atoms with Crippen molar-refractivity contribution in [3.63, 3.8) is 0 Å². The minimum absolute atomic E-state index is 0.206. The van der Waals surface area contributed by atoms with Gasteiger partial charge in [-0.3, -0.25) is 14.6 Å². The number of rotatable bonds is 8. The number of methoxy groups -OCH3 is 1. The second-order valence-corrected chi connectivity index (χ2v) is 6.11. The topological polar surface area (TPSA) is 141 Å². The lowest BCUT2D eigenvalue weighted by Gasteiger charge is -2.32. The molecule has 1 unspecified atom stereocenters. The molecule has 1 saturated carbocycles. The highest BCUT2D eigenvalue weighted by atomic mass is 16.7. The summed E-state index contributed by atoms with van der Waals surface area (Å²) in [5, 5.41) is 2.89.